The minimum absolute atomic E-state index is 0.331. The Morgan fingerprint density at radius 3 is 1.25 bits per heavy atom. The van der Waals surface area contributed by atoms with Crippen molar-refractivity contribution in [3.63, 3.8) is 0 Å². The zero-order chi connectivity index (χ0) is 51.9. The summed E-state index contributed by atoms with van der Waals surface area (Å²) in [4.78, 5) is 0. The monoisotopic (exact) mass is 965 g/mol. The van der Waals surface area contributed by atoms with E-state index < -0.39 is 0 Å². The third kappa shape index (κ3) is 15.7. The Kier molecular flexibility index (Phi) is 19.2. The molecule has 2 fully saturated rings. The van der Waals surface area contributed by atoms with E-state index >= 15 is 0 Å². The molecule has 374 valence electrons. The minimum atomic E-state index is 0.331. The summed E-state index contributed by atoms with van der Waals surface area (Å²) >= 11 is 0. The first-order valence-electron chi connectivity index (χ1n) is 26.0. The van der Waals surface area contributed by atoms with Gasteiger partial charge in [0.15, 0.2) is 0 Å². The van der Waals surface area contributed by atoms with E-state index in [9.17, 15) is 0 Å². The molecule has 0 radical (unpaired) electrons. The van der Waals surface area contributed by atoms with Crippen LogP contribution in [0, 0.1) is 55.4 Å². The molecule has 7 aromatic carbocycles. The van der Waals surface area contributed by atoms with E-state index in [1.54, 1.807) is 12.5 Å². The van der Waals surface area contributed by atoms with Crippen LogP contribution in [0.2, 0.25) is 0 Å². The molecule has 0 spiro atoms. The molecule has 8 aromatic rings. The molecule has 0 aliphatic carbocycles. The van der Waals surface area contributed by atoms with Gasteiger partial charge in [-0.3, -0.25) is 0 Å². The van der Waals surface area contributed by atoms with Crippen LogP contribution in [-0.2, 0) is 9.47 Å². The minimum Gasteiger partial charge on any atom is -0.472 e. The summed E-state index contributed by atoms with van der Waals surface area (Å²) in [6, 6.07) is 62.4. The van der Waals surface area contributed by atoms with Crippen molar-refractivity contribution in [3.8, 4) is 22.3 Å². The molecule has 2 saturated heterocycles. The van der Waals surface area contributed by atoms with Gasteiger partial charge in [-0.1, -0.05) is 234 Å². The van der Waals surface area contributed by atoms with Crippen LogP contribution < -0.4 is 0 Å². The van der Waals surface area contributed by atoms with Gasteiger partial charge in [-0.15, -0.1) is 0 Å². The Balaban J connectivity index is 0.000000131. The topological polar surface area (TPSA) is 31.6 Å². The fourth-order valence-electron chi connectivity index (χ4n) is 9.51. The van der Waals surface area contributed by atoms with Gasteiger partial charge in [0.05, 0.1) is 36.9 Å². The highest BCUT2D eigenvalue weighted by Crippen LogP contribution is 2.45. The normalized spacial score (nSPS) is 19.4. The van der Waals surface area contributed by atoms with Crippen molar-refractivity contribution in [2.45, 2.75) is 118 Å². The lowest BCUT2D eigenvalue weighted by Crippen LogP contribution is -2.14. The fraction of sp³-hybridized carbons (Fsp3) is 0.257. The van der Waals surface area contributed by atoms with Crippen molar-refractivity contribution >= 4 is 6.08 Å². The van der Waals surface area contributed by atoms with Crippen LogP contribution in [0.25, 0.3) is 28.3 Å². The van der Waals surface area contributed by atoms with E-state index in [4.69, 9.17) is 13.9 Å². The Morgan fingerprint density at radius 1 is 0.411 bits per heavy atom. The van der Waals surface area contributed by atoms with Crippen molar-refractivity contribution in [2.24, 2.45) is 0 Å². The van der Waals surface area contributed by atoms with Crippen LogP contribution in [0.1, 0.15) is 99.7 Å². The van der Waals surface area contributed by atoms with Gasteiger partial charge in [-0.2, -0.15) is 0 Å². The number of hydrogen-bond donors (Lipinski definition) is 0. The predicted molar refractivity (Wildman–Crippen MR) is 309 cm³/mol. The number of benzene rings is 7. The smallest absolute Gasteiger partial charge is 0.0931 e. The molecule has 4 aliphatic rings. The summed E-state index contributed by atoms with van der Waals surface area (Å²) in [5.74, 6) is 1.17. The highest BCUT2D eigenvalue weighted by atomic mass is 16.5. The van der Waals surface area contributed by atoms with Crippen LogP contribution in [0.3, 0.4) is 0 Å². The zero-order valence-corrected chi connectivity index (χ0v) is 44.9. The number of fused-ring (bicyclic) bond motifs is 4. The first kappa shape index (κ1) is 53.8. The second kappa shape index (κ2) is 26.1. The van der Waals surface area contributed by atoms with Crippen LogP contribution in [-0.4, -0.2) is 24.4 Å². The van der Waals surface area contributed by atoms with Crippen molar-refractivity contribution in [1.82, 2.24) is 0 Å². The number of aryl methyl sites for hydroxylation is 8. The first-order valence-corrected chi connectivity index (χ1v) is 26.0. The standard InChI is InChI=1S/2C14H16O.2C14H14.C9H10.C5H6O/c1-9-3-5-11(6-4-9)12-8-13-10(2)7-14(12)15-13;1-9-3-5-11(6-4-9)13-8-12-7-10(2)14(13)15-12;1-11-3-7-13(8-4-11)14-9-5-12(2)6-10-14;1-11-6-8-13(9-7-11)14-5-3-4-12(2)10-14;1-3-9-6-4-8(2)5-7-9;1-5-2-3-6-4-5/h2*3-7,12-14H,8H2,1-2H3;2*3-10H,1-2H3;3-7H,1H2,2H3;2-4H,1H3. The van der Waals surface area contributed by atoms with E-state index in [0.29, 0.717) is 36.3 Å². The molecule has 6 unspecified atom stereocenters. The number of furan rings is 1. The maximum Gasteiger partial charge on any atom is 0.0931 e. The van der Waals surface area contributed by atoms with Crippen LogP contribution in [0.15, 0.2) is 223 Å². The molecule has 3 nitrogen and oxygen atoms in total. The molecular weight excluding hydrogens is 889 g/mol. The first-order chi connectivity index (χ1) is 35.2. The summed E-state index contributed by atoms with van der Waals surface area (Å²) in [6.45, 7) is 24.8. The third-order valence-electron chi connectivity index (χ3n) is 14.0. The van der Waals surface area contributed by atoms with Gasteiger partial charge in [0.1, 0.15) is 0 Å². The number of ether oxygens (including phenoxy) is 2. The predicted octanol–water partition coefficient (Wildman–Crippen LogP) is 18.6. The molecule has 6 atom stereocenters. The SMILES string of the molecule is C=Cc1ccc(C)cc1.CC1=CC2CC(c3ccc(C)cc3)C1O2.CC1=CC2OC1CC2c1ccc(C)cc1.Cc1ccc(-c2ccc(C)cc2)cc1.Cc1ccc(-c2cccc(C)c2)cc1.Cc1ccoc1. The molecule has 5 heterocycles. The Bertz CT molecular complexity index is 2950. The Labute approximate surface area is 438 Å². The fourth-order valence-corrected chi connectivity index (χ4v) is 9.51. The van der Waals surface area contributed by atoms with E-state index in [-0.39, 0.29) is 0 Å². The summed E-state index contributed by atoms with van der Waals surface area (Å²) in [7, 11) is 0. The molecule has 4 aliphatic heterocycles. The van der Waals surface area contributed by atoms with Gasteiger partial charge in [0, 0.05) is 11.8 Å². The van der Waals surface area contributed by atoms with Crippen molar-refractivity contribution in [2.75, 3.05) is 0 Å². The maximum absolute atomic E-state index is 5.89. The van der Waals surface area contributed by atoms with Gasteiger partial charge >= 0.3 is 0 Å². The van der Waals surface area contributed by atoms with Gasteiger partial charge in [0.2, 0.25) is 0 Å². The molecule has 73 heavy (non-hydrogen) atoms. The molecule has 0 saturated carbocycles. The summed E-state index contributed by atoms with van der Waals surface area (Å²) in [5.41, 5.74) is 22.4. The molecule has 3 heteroatoms. The van der Waals surface area contributed by atoms with Crippen LogP contribution >= 0.6 is 0 Å². The van der Waals surface area contributed by atoms with E-state index in [1.807, 2.05) is 19.1 Å². The Morgan fingerprint density at radius 2 is 0.877 bits per heavy atom. The van der Waals surface area contributed by atoms with Gasteiger partial charge in [0.25, 0.3) is 0 Å². The maximum atomic E-state index is 5.89. The third-order valence-corrected chi connectivity index (χ3v) is 14.0. The van der Waals surface area contributed by atoms with E-state index in [2.05, 4.69) is 251 Å². The summed E-state index contributed by atoms with van der Waals surface area (Å²) < 4.78 is 16.5. The molecule has 4 bridgehead atoms. The lowest BCUT2D eigenvalue weighted by molar-refractivity contribution is 0.111. The zero-order valence-electron chi connectivity index (χ0n) is 44.9. The van der Waals surface area contributed by atoms with E-state index in [0.717, 1.165) is 12.8 Å². The molecule has 0 amide bonds. The molecular formula is C70H76O3. The van der Waals surface area contributed by atoms with Crippen molar-refractivity contribution < 1.29 is 13.9 Å². The van der Waals surface area contributed by atoms with Gasteiger partial charge < -0.3 is 13.9 Å². The average Bonchev–Trinajstić information content (AvgIpc) is 4.27. The molecule has 1 aromatic heterocycles. The number of rotatable bonds is 5. The lowest BCUT2D eigenvalue weighted by atomic mass is 9.84. The van der Waals surface area contributed by atoms with Gasteiger partial charge in [-0.25, -0.2) is 0 Å². The highest BCUT2D eigenvalue weighted by Gasteiger charge is 2.41. The number of hydrogen-bond acceptors (Lipinski definition) is 3. The molecule has 0 N–H and O–H groups in total. The molecule has 12 rings (SSSR count). The summed E-state index contributed by atoms with van der Waals surface area (Å²) in [5, 5.41) is 0. The van der Waals surface area contributed by atoms with Crippen molar-refractivity contribution in [3.05, 3.63) is 280 Å². The largest absolute Gasteiger partial charge is 0.472 e. The second-order valence-corrected chi connectivity index (χ2v) is 20.4. The second-order valence-electron chi connectivity index (χ2n) is 20.4. The van der Waals surface area contributed by atoms with E-state index in [1.165, 1.54) is 94.6 Å². The highest BCUT2D eigenvalue weighted by molar-refractivity contribution is 5.65. The van der Waals surface area contributed by atoms with Crippen molar-refractivity contribution in [1.29, 1.82) is 0 Å². The lowest BCUT2D eigenvalue weighted by Gasteiger charge is -2.19. The van der Waals surface area contributed by atoms with Gasteiger partial charge in [-0.05, 0) is 144 Å². The van der Waals surface area contributed by atoms with Crippen LogP contribution in [0.5, 0.6) is 0 Å². The van der Waals surface area contributed by atoms with Crippen LogP contribution in [0.4, 0.5) is 0 Å². The quantitative estimate of drug-likeness (QED) is 0.161. The Hall–Kier alpha value is -7.04. The average molecular weight is 965 g/mol. The summed E-state index contributed by atoms with van der Waals surface area (Å²) in [6.07, 6.45) is 13.5.